The zero-order chi connectivity index (χ0) is 15.7. The van der Waals surface area contributed by atoms with Gasteiger partial charge in [0.25, 0.3) is 5.91 Å². The molecule has 0 bridgehead atoms. The molecule has 0 saturated heterocycles. The third-order valence-corrected chi connectivity index (χ3v) is 3.85. The van der Waals surface area contributed by atoms with Crippen LogP contribution in [0.25, 0.3) is 0 Å². The van der Waals surface area contributed by atoms with Crippen molar-refractivity contribution in [1.29, 1.82) is 0 Å². The number of aromatic amines is 1. The van der Waals surface area contributed by atoms with Gasteiger partial charge in [-0.05, 0) is 32.4 Å². The maximum absolute atomic E-state index is 12.4. The number of ether oxygens (including phenoxy) is 1. The first-order chi connectivity index (χ1) is 10.5. The molecule has 6 heteroatoms. The Kier molecular flexibility index (Phi) is 3.94. The van der Waals surface area contributed by atoms with Gasteiger partial charge in [0, 0.05) is 18.2 Å². The molecule has 0 aliphatic carbocycles. The van der Waals surface area contributed by atoms with E-state index in [1.807, 2.05) is 32.9 Å². The zero-order valence-corrected chi connectivity index (χ0v) is 13.0. The fourth-order valence-electron chi connectivity index (χ4n) is 2.72. The first-order valence-corrected chi connectivity index (χ1v) is 7.47. The monoisotopic (exact) mass is 300 g/mol. The molecule has 22 heavy (non-hydrogen) atoms. The van der Waals surface area contributed by atoms with Crippen molar-refractivity contribution in [3.63, 3.8) is 0 Å². The molecule has 2 atom stereocenters. The summed E-state index contributed by atoms with van der Waals surface area (Å²) < 4.78 is 5.73. The lowest BCUT2D eigenvalue weighted by Gasteiger charge is -2.25. The molecule has 2 N–H and O–H groups in total. The second-order valence-corrected chi connectivity index (χ2v) is 5.77. The van der Waals surface area contributed by atoms with Crippen molar-refractivity contribution in [2.45, 2.75) is 45.9 Å². The first kappa shape index (κ1) is 14.7. The molecule has 1 amide bonds. The number of hydrogen-bond acceptors (Lipinski definition) is 4. The van der Waals surface area contributed by atoms with Crippen LogP contribution in [-0.4, -0.2) is 27.2 Å². The SMILES string of the molecule is Cc1ccc(CNC(=O)c2n[nH]c3c2C[C@@H](C)O[C@H]3C)nc1. The lowest BCUT2D eigenvalue weighted by atomic mass is 9.99. The van der Waals surface area contributed by atoms with Crippen LogP contribution in [0.4, 0.5) is 0 Å². The highest BCUT2D eigenvalue weighted by Gasteiger charge is 2.29. The van der Waals surface area contributed by atoms with E-state index >= 15 is 0 Å². The zero-order valence-electron chi connectivity index (χ0n) is 13.0. The van der Waals surface area contributed by atoms with Crippen molar-refractivity contribution >= 4 is 5.91 Å². The lowest BCUT2D eigenvalue weighted by molar-refractivity contribution is -0.00697. The van der Waals surface area contributed by atoms with E-state index in [2.05, 4.69) is 20.5 Å². The van der Waals surface area contributed by atoms with Gasteiger partial charge < -0.3 is 10.1 Å². The topological polar surface area (TPSA) is 79.9 Å². The van der Waals surface area contributed by atoms with Gasteiger partial charge in [0.2, 0.25) is 0 Å². The van der Waals surface area contributed by atoms with E-state index in [4.69, 9.17) is 4.74 Å². The summed E-state index contributed by atoms with van der Waals surface area (Å²) in [5.74, 6) is -0.179. The Bertz CT molecular complexity index is 678. The molecule has 0 radical (unpaired) electrons. The van der Waals surface area contributed by atoms with Crippen LogP contribution < -0.4 is 5.32 Å². The molecule has 0 saturated carbocycles. The number of aromatic nitrogens is 3. The molecule has 3 heterocycles. The number of aryl methyl sites for hydroxylation is 1. The second kappa shape index (κ2) is 5.88. The molecule has 2 aromatic heterocycles. The quantitative estimate of drug-likeness (QED) is 0.909. The van der Waals surface area contributed by atoms with E-state index in [1.165, 1.54) is 0 Å². The number of carbonyl (C=O) groups excluding carboxylic acids is 1. The van der Waals surface area contributed by atoms with E-state index in [1.54, 1.807) is 6.20 Å². The maximum atomic E-state index is 12.4. The first-order valence-electron chi connectivity index (χ1n) is 7.47. The van der Waals surface area contributed by atoms with E-state index in [-0.39, 0.29) is 18.1 Å². The Labute approximate surface area is 129 Å². The van der Waals surface area contributed by atoms with Crippen LogP contribution in [0, 0.1) is 6.92 Å². The molecule has 1 aliphatic heterocycles. The highest BCUT2D eigenvalue weighted by Crippen LogP contribution is 2.29. The predicted octanol–water partition coefficient (Wildman–Crippen LogP) is 2.07. The summed E-state index contributed by atoms with van der Waals surface area (Å²) in [4.78, 5) is 16.6. The largest absolute Gasteiger partial charge is 0.369 e. The normalized spacial score (nSPS) is 20.5. The third-order valence-electron chi connectivity index (χ3n) is 3.85. The Morgan fingerprint density at radius 2 is 2.27 bits per heavy atom. The summed E-state index contributed by atoms with van der Waals surface area (Å²) in [6.07, 6.45) is 2.51. The fourth-order valence-corrected chi connectivity index (χ4v) is 2.72. The highest BCUT2D eigenvalue weighted by atomic mass is 16.5. The van der Waals surface area contributed by atoms with Gasteiger partial charge >= 0.3 is 0 Å². The third kappa shape index (κ3) is 2.87. The highest BCUT2D eigenvalue weighted by molar-refractivity contribution is 5.94. The average molecular weight is 300 g/mol. The van der Waals surface area contributed by atoms with Crippen LogP contribution in [0.1, 0.15) is 53.0 Å². The van der Waals surface area contributed by atoms with Crippen LogP contribution in [0.5, 0.6) is 0 Å². The number of nitrogens with zero attached hydrogens (tertiary/aromatic N) is 2. The summed E-state index contributed by atoms with van der Waals surface area (Å²) in [6.45, 7) is 6.34. The van der Waals surface area contributed by atoms with Crippen LogP contribution in [0.2, 0.25) is 0 Å². The maximum Gasteiger partial charge on any atom is 0.272 e. The fraction of sp³-hybridized carbons (Fsp3) is 0.438. The van der Waals surface area contributed by atoms with Crippen molar-refractivity contribution in [1.82, 2.24) is 20.5 Å². The molecular weight excluding hydrogens is 280 g/mol. The van der Waals surface area contributed by atoms with Gasteiger partial charge in [-0.15, -0.1) is 0 Å². The number of amides is 1. The van der Waals surface area contributed by atoms with Crippen molar-refractivity contribution in [2.24, 2.45) is 0 Å². The van der Waals surface area contributed by atoms with Gasteiger partial charge in [0.15, 0.2) is 5.69 Å². The molecule has 0 spiro atoms. The van der Waals surface area contributed by atoms with Crippen LogP contribution in [0.15, 0.2) is 18.3 Å². The van der Waals surface area contributed by atoms with Crippen LogP contribution in [0.3, 0.4) is 0 Å². The van der Waals surface area contributed by atoms with E-state index in [0.29, 0.717) is 18.7 Å². The molecule has 3 rings (SSSR count). The molecule has 0 aromatic carbocycles. The molecule has 6 nitrogen and oxygen atoms in total. The molecule has 116 valence electrons. The standard InChI is InChI=1S/C16H20N4O2/c1-9-4-5-12(17-7-9)8-18-16(21)15-13-6-10(2)22-11(3)14(13)19-20-15/h4-5,7,10-11H,6,8H2,1-3H3,(H,18,21)(H,19,20)/t10-,11+/m1/s1. The number of rotatable bonds is 3. The number of hydrogen-bond donors (Lipinski definition) is 2. The Hall–Kier alpha value is -2.21. The van der Waals surface area contributed by atoms with E-state index in [0.717, 1.165) is 22.5 Å². The Balaban J connectivity index is 1.72. The van der Waals surface area contributed by atoms with E-state index in [9.17, 15) is 4.79 Å². The van der Waals surface area contributed by atoms with Gasteiger partial charge in [0.1, 0.15) is 0 Å². The minimum Gasteiger partial charge on any atom is -0.369 e. The Morgan fingerprint density at radius 1 is 1.45 bits per heavy atom. The predicted molar refractivity (Wildman–Crippen MR) is 81.4 cm³/mol. The number of H-pyrrole nitrogens is 1. The summed E-state index contributed by atoms with van der Waals surface area (Å²) >= 11 is 0. The van der Waals surface area contributed by atoms with Crippen molar-refractivity contribution < 1.29 is 9.53 Å². The smallest absolute Gasteiger partial charge is 0.272 e. The van der Waals surface area contributed by atoms with Crippen molar-refractivity contribution in [3.05, 3.63) is 46.5 Å². The molecule has 0 fully saturated rings. The minimum absolute atomic E-state index is 0.0634. The molecule has 0 unspecified atom stereocenters. The van der Waals surface area contributed by atoms with E-state index < -0.39 is 0 Å². The lowest BCUT2D eigenvalue weighted by Crippen LogP contribution is -2.27. The van der Waals surface area contributed by atoms with Gasteiger partial charge in [-0.25, -0.2) is 0 Å². The number of nitrogens with one attached hydrogen (secondary N) is 2. The summed E-state index contributed by atoms with van der Waals surface area (Å²) in [5, 5.41) is 9.98. The molecule has 1 aliphatic rings. The number of pyridine rings is 1. The summed E-state index contributed by atoms with van der Waals surface area (Å²) in [6, 6.07) is 3.89. The second-order valence-electron chi connectivity index (χ2n) is 5.77. The Morgan fingerprint density at radius 3 is 3.00 bits per heavy atom. The molecular formula is C16H20N4O2. The van der Waals surface area contributed by atoms with Crippen LogP contribution >= 0.6 is 0 Å². The van der Waals surface area contributed by atoms with Crippen molar-refractivity contribution in [2.75, 3.05) is 0 Å². The number of fused-ring (bicyclic) bond motifs is 1. The van der Waals surface area contributed by atoms with Crippen molar-refractivity contribution in [3.8, 4) is 0 Å². The van der Waals surface area contributed by atoms with Gasteiger partial charge in [-0.2, -0.15) is 5.10 Å². The van der Waals surface area contributed by atoms with Gasteiger partial charge in [-0.1, -0.05) is 6.07 Å². The van der Waals surface area contributed by atoms with Crippen LogP contribution in [-0.2, 0) is 17.7 Å². The van der Waals surface area contributed by atoms with Gasteiger partial charge in [-0.3, -0.25) is 14.9 Å². The summed E-state index contributed by atoms with van der Waals surface area (Å²) in [7, 11) is 0. The number of carbonyl (C=O) groups is 1. The summed E-state index contributed by atoms with van der Waals surface area (Å²) in [5.41, 5.74) is 4.24. The van der Waals surface area contributed by atoms with Gasteiger partial charge in [0.05, 0.1) is 30.1 Å². The molecule has 2 aromatic rings. The minimum atomic E-state index is -0.179. The average Bonchev–Trinajstić information content (AvgIpc) is 2.90.